The molecule has 0 aromatic heterocycles. The van der Waals surface area contributed by atoms with Crippen LogP contribution in [0.4, 0.5) is 0 Å². The molecule has 1 heterocycles. The second-order valence-electron chi connectivity index (χ2n) is 5.31. The highest BCUT2D eigenvalue weighted by Gasteiger charge is 2.24. The van der Waals surface area contributed by atoms with Gasteiger partial charge in [0.15, 0.2) is 0 Å². The first kappa shape index (κ1) is 13.1. The quantitative estimate of drug-likeness (QED) is 0.892. The highest BCUT2D eigenvalue weighted by molar-refractivity contribution is 5.70. The minimum absolute atomic E-state index is 0.138. The topological polar surface area (TPSA) is 40.5 Å². The zero-order valence-corrected chi connectivity index (χ0v) is 11.1. The minimum atomic E-state index is -0.638. The third kappa shape index (κ3) is 3.10. The number of carboxylic acids is 1. The summed E-state index contributed by atoms with van der Waals surface area (Å²) in [5, 5.41) is 8.96. The Hall–Kier alpha value is -1.35. The lowest BCUT2D eigenvalue weighted by molar-refractivity contribution is -0.143. The second kappa shape index (κ2) is 5.53. The minimum Gasteiger partial charge on any atom is -0.481 e. The largest absolute Gasteiger partial charge is 0.481 e. The van der Waals surface area contributed by atoms with E-state index in [1.165, 1.54) is 16.7 Å². The molecule has 0 unspecified atom stereocenters. The molecule has 0 saturated carbocycles. The molecule has 1 aromatic rings. The molecule has 0 amide bonds. The van der Waals surface area contributed by atoms with Gasteiger partial charge in [-0.3, -0.25) is 9.69 Å². The molecule has 18 heavy (non-hydrogen) atoms. The van der Waals surface area contributed by atoms with E-state index in [9.17, 15) is 4.79 Å². The summed E-state index contributed by atoms with van der Waals surface area (Å²) in [6.45, 7) is 6.98. The predicted molar refractivity (Wildman–Crippen MR) is 71.6 cm³/mol. The lowest BCUT2D eigenvalue weighted by atomic mass is 9.96. The predicted octanol–water partition coefficient (Wildman–Crippen LogP) is 2.60. The van der Waals surface area contributed by atoms with Crippen LogP contribution in [-0.4, -0.2) is 29.1 Å². The Labute approximate surface area is 108 Å². The van der Waals surface area contributed by atoms with Gasteiger partial charge in [-0.25, -0.2) is 0 Å². The van der Waals surface area contributed by atoms with Crippen molar-refractivity contribution >= 4 is 5.97 Å². The van der Waals surface area contributed by atoms with Crippen molar-refractivity contribution in [3.05, 3.63) is 34.9 Å². The van der Waals surface area contributed by atoms with Crippen LogP contribution in [0.5, 0.6) is 0 Å². The highest BCUT2D eigenvalue weighted by Crippen LogP contribution is 2.20. The van der Waals surface area contributed by atoms with Crippen molar-refractivity contribution in [1.82, 2.24) is 4.90 Å². The van der Waals surface area contributed by atoms with Crippen LogP contribution in [0.2, 0.25) is 0 Å². The van der Waals surface area contributed by atoms with E-state index in [0.29, 0.717) is 0 Å². The molecule has 98 valence electrons. The third-order valence-corrected chi connectivity index (χ3v) is 3.91. The molecule has 3 heteroatoms. The molecule has 0 atom stereocenters. The molecule has 1 saturated heterocycles. The van der Waals surface area contributed by atoms with Gasteiger partial charge < -0.3 is 5.11 Å². The molecule has 0 radical (unpaired) electrons. The van der Waals surface area contributed by atoms with Crippen molar-refractivity contribution in [3.63, 3.8) is 0 Å². The number of carbonyl (C=O) groups is 1. The summed E-state index contributed by atoms with van der Waals surface area (Å²) >= 11 is 0. The van der Waals surface area contributed by atoms with Crippen molar-refractivity contribution in [2.24, 2.45) is 5.92 Å². The van der Waals surface area contributed by atoms with Gasteiger partial charge in [0.25, 0.3) is 0 Å². The number of nitrogens with zero attached hydrogens (tertiary/aromatic N) is 1. The average molecular weight is 247 g/mol. The van der Waals surface area contributed by atoms with E-state index in [2.05, 4.69) is 36.9 Å². The fourth-order valence-corrected chi connectivity index (χ4v) is 2.50. The van der Waals surface area contributed by atoms with Gasteiger partial charge in [0, 0.05) is 6.54 Å². The highest BCUT2D eigenvalue weighted by atomic mass is 16.4. The number of aliphatic carboxylic acids is 1. The van der Waals surface area contributed by atoms with Crippen LogP contribution in [0.15, 0.2) is 18.2 Å². The Balaban J connectivity index is 1.91. The van der Waals surface area contributed by atoms with Gasteiger partial charge in [0.1, 0.15) is 0 Å². The van der Waals surface area contributed by atoms with Gasteiger partial charge in [-0.15, -0.1) is 0 Å². The van der Waals surface area contributed by atoms with E-state index in [1.54, 1.807) is 0 Å². The SMILES string of the molecule is Cc1ccc(CN2CCC(C(=O)O)CC2)cc1C. The number of hydrogen-bond acceptors (Lipinski definition) is 2. The molecule has 1 fully saturated rings. The van der Waals surface area contributed by atoms with Crippen LogP contribution in [-0.2, 0) is 11.3 Å². The number of likely N-dealkylation sites (tertiary alicyclic amines) is 1. The van der Waals surface area contributed by atoms with Gasteiger partial charge >= 0.3 is 5.97 Å². The van der Waals surface area contributed by atoms with E-state index >= 15 is 0 Å². The summed E-state index contributed by atoms with van der Waals surface area (Å²) in [5.74, 6) is -0.776. The van der Waals surface area contributed by atoms with Gasteiger partial charge in [-0.2, -0.15) is 0 Å². The van der Waals surface area contributed by atoms with Crippen molar-refractivity contribution in [3.8, 4) is 0 Å². The summed E-state index contributed by atoms with van der Waals surface area (Å²) in [5.41, 5.74) is 3.98. The van der Waals surface area contributed by atoms with E-state index in [1.807, 2.05) is 0 Å². The number of benzene rings is 1. The Kier molecular flexibility index (Phi) is 4.02. The van der Waals surface area contributed by atoms with Gasteiger partial charge in [-0.05, 0) is 56.5 Å². The average Bonchev–Trinajstić information content (AvgIpc) is 2.34. The molecule has 3 nitrogen and oxygen atoms in total. The number of piperidine rings is 1. The zero-order chi connectivity index (χ0) is 13.1. The van der Waals surface area contributed by atoms with Crippen molar-refractivity contribution in [1.29, 1.82) is 0 Å². The fourth-order valence-electron chi connectivity index (χ4n) is 2.50. The van der Waals surface area contributed by atoms with Crippen LogP contribution >= 0.6 is 0 Å². The summed E-state index contributed by atoms with van der Waals surface area (Å²) in [4.78, 5) is 13.2. The molecule has 0 spiro atoms. The normalized spacial score (nSPS) is 17.9. The van der Waals surface area contributed by atoms with Gasteiger partial charge in [0.2, 0.25) is 0 Å². The fraction of sp³-hybridized carbons (Fsp3) is 0.533. The maximum Gasteiger partial charge on any atom is 0.306 e. The molecular formula is C15H21NO2. The van der Waals surface area contributed by atoms with Crippen molar-refractivity contribution < 1.29 is 9.90 Å². The Morgan fingerprint density at radius 1 is 1.28 bits per heavy atom. The van der Waals surface area contributed by atoms with E-state index in [4.69, 9.17) is 5.11 Å². The van der Waals surface area contributed by atoms with E-state index in [0.717, 1.165) is 32.5 Å². The molecule has 1 aromatic carbocycles. The Morgan fingerprint density at radius 3 is 2.50 bits per heavy atom. The van der Waals surface area contributed by atoms with Crippen LogP contribution < -0.4 is 0 Å². The Bertz CT molecular complexity index is 434. The van der Waals surface area contributed by atoms with Crippen molar-refractivity contribution in [2.45, 2.75) is 33.2 Å². The van der Waals surface area contributed by atoms with Gasteiger partial charge in [0.05, 0.1) is 5.92 Å². The molecule has 0 aliphatic carbocycles. The van der Waals surface area contributed by atoms with Crippen LogP contribution in [0.1, 0.15) is 29.5 Å². The number of carboxylic acid groups (broad SMARTS) is 1. The van der Waals surface area contributed by atoms with E-state index in [-0.39, 0.29) is 5.92 Å². The molecule has 0 bridgehead atoms. The number of aryl methyl sites for hydroxylation is 2. The summed E-state index contributed by atoms with van der Waals surface area (Å²) < 4.78 is 0. The maximum absolute atomic E-state index is 10.9. The van der Waals surface area contributed by atoms with Crippen LogP contribution in [0, 0.1) is 19.8 Å². The Morgan fingerprint density at radius 2 is 1.94 bits per heavy atom. The first-order chi connectivity index (χ1) is 8.56. The lowest BCUT2D eigenvalue weighted by Crippen LogP contribution is -2.35. The second-order valence-corrected chi connectivity index (χ2v) is 5.31. The lowest BCUT2D eigenvalue weighted by Gasteiger charge is -2.30. The number of hydrogen-bond donors (Lipinski definition) is 1. The zero-order valence-electron chi connectivity index (χ0n) is 11.1. The summed E-state index contributed by atoms with van der Waals surface area (Å²) in [6, 6.07) is 6.57. The maximum atomic E-state index is 10.9. The monoisotopic (exact) mass is 247 g/mol. The first-order valence-corrected chi connectivity index (χ1v) is 6.57. The summed E-state index contributed by atoms with van der Waals surface area (Å²) in [7, 11) is 0. The number of rotatable bonds is 3. The first-order valence-electron chi connectivity index (χ1n) is 6.57. The van der Waals surface area contributed by atoms with E-state index < -0.39 is 5.97 Å². The van der Waals surface area contributed by atoms with Crippen LogP contribution in [0.3, 0.4) is 0 Å². The van der Waals surface area contributed by atoms with Crippen molar-refractivity contribution in [2.75, 3.05) is 13.1 Å². The molecule has 1 N–H and O–H groups in total. The standard InChI is InChI=1S/C15H21NO2/c1-11-3-4-13(9-12(11)2)10-16-7-5-14(6-8-16)15(17)18/h3-4,9,14H,5-8,10H2,1-2H3,(H,17,18). The third-order valence-electron chi connectivity index (χ3n) is 3.91. The molecular weight excluding hydrogens is 226 g/mol. The molecule has 1 aliphatic heterocycles. The van der Waals surface area contributed by atoms with Crippen LogP contribution in [0.25, 0.3) is 0 Å². The summed E-state index contributed by atoms with van der Waals surface area (Å²) in [6.07, 6.45) is 1.56. The van der Waals surface area contributed by atoms with Gasteiger partial charge in [-0.1, -0.05) is 18.2 Å². The smallest absolute Gasteiger partial charge is 0.306 e. The molecule has 1 aliphatic rings. The molecule has 2 rings (SSSR count).